The minimum Gasteiger partial charge on any atom is -0.492 e. The molecule has 158 valence electrons. The number of fused-ring (bicyclic) bond motifs is 1. The van der Waals surface area contributed by atoms with Gasteiger partial charge in [0.05, 0.1) is 0 Å². The SMILES string of the molecule is Cc1ccnc(N=C2N=C(Nc3cc(C)ccn3)c3ccc(OCCN(C)C)cc32)c1. The first-order valence-corrected chi connectivity index (χ1v) is 10.2. The van der Waals surface area contributed by atoms with Crippen molar-refractivity contribution in [3.8, 4) is 5.75 Å². The van der Waals surface area contributed by atoms with Gasteiger partial charge in [-0.1, -0.05) is 0 Å². The van der Waals surface area contributed by atoms with E-state index in [1.165, 1.54) is 0 Å². The molecule has 1 aliphatic rings. The van der Waals surface area contributed by atoms with Crippen LogP contribution in [0.3, 0.4) is 0 Å². The fourth-order valence-corrected chi connectivity index (χ4v) is 3.17. The molecule has 0 radical (unpaired) electrons. The quantitative estimate of drug-likeness (QED) is 0.660. The van der Waals surface area contributed by atoms with Crippen molar-refractivity contribution in [3.05, 3.63) is 77.1 Å². The van der Waals surface area contributed by atoms with Crippen LogP contribution in [-0.4, -0.2) is 53.8 Å². The number of pyridine rings is 2. The summed E-state index contributed by atoms with van der Waals surface area (Å²) in [4.78, 5) is 20.3. The summed E-state index contributed by atoms with van der Waals surface area (Å²) in [6.45, 7) is 5.50. The number of amidine groups is 2. The topological polar surface area (TPSA) is 75.0 Å². The Bertz CT molecular complexity index is 1150. The number of aryl methyl sites for hydroxylation is 2. The van der Waals surface area contributed by atoms with Crippen LogP contribution in [0, 0.1) is 13.8 Å². The van der Waals surface area contributed by atoms with Gasteiger partial charge >= 0.3 is 0 Å². The lowest BCUT2D eigenvalue weighted by atomic mass is 10.1. The fourth-order valence-electron chi connectivity index (χ4n) is 3.17. The molecule has 1 N–H and O–H groups in total. The highest BCUT2D eigenvalue weighted by Gasteiger charge is 2.23. The van der Waals surface area contributed by atoms with Gasteiger partial charge in [-0.05, 0) is 81.5 Å². The minimum absolute atomic E-state index is 0.598. The molecule has 1 aliphatic heterocycles. The third-order valence-electron chi connectivity index (χ3n) is 4.80. The second-order valence-electron chi connectivity index (χ2n) is 7.79. The molecule has 0 unspecified atom stereocenters. The molecular formula is C24H26N6O. The lowest BCUT2D eigenvalue weighted by molar-refractivity contribution is 0.261. The Morgan fingerprint density at radius 1 is 0.935 bits per heavy atom. The van der Waals surface area contributed by atoms with E-state index in [-0.39, 0.29) is 0 Å². The number of likely N-dealkylation sites (N-methyl/N-ethyl adjacent to an activating group) is 1. The number of hydrogen-bond donors (Lipinski definition) is 1. The number of nitrogens with zero attached hydrogens (tertiary/aromatic N) is 5. The van der Waals surface area contributed by atoms with E-state index in [9.17, 15) is 0 Å². The Morgan fingerprint density at radius 3 is 2.45 bits per heavy atom. The molecule has 0 saturated carbocycles. The Kier molecular flexibility index (Phi) is 6.04. The molecule has 0 saturated heterocycles. The first-order chi connectivity index (χ1) is 15.0. The molecule has 0 atom stereocenters. The van der Waals surface area contributed by atoms with E-state index in [4.69, 9.17) is 14.7 Å². The molecule has 0 spiro atoms. The fraction of sp³-hybridized carbons (Fsp3) is 0.250. The van der Waals surface area contributed by atoms with Crippen LogP contribution in [-0.2, 0) is 0 Å². The molecule has 3 heterocycles. The number of aromatic nitrogens is 2. The van der Waals surface area contributed by atoms with Crippen LogP contribution in [0.5, 0.6) is 5.75 Å². The van der Waals surface area contributed by atoms with Crippen LogP contribution in [0.4, 0.5) is 11.6 Å². The van der Waals surface area contributed by atoms with Gasteiger partial charge in [0.15, 0.2) is 11.7 Å². The van der Waals surface area contributed by atoms with E-state index in [0.29, 0.717) is 24.1 Å². The van der Waals surface area contributed by atoms with Crippen LogP contribution in [0.2, 0.25) is 0 Å². The van der Waals surface area contributed by atoms with Gasteiger partial charge in [-0.2, -0.15) is 0 Å². The van der Waals surface area contributed by atoms with Crippen LogP contribution in [0.1, 0.15) is 22.3 Å². The predicted octanol–water partition coefficient (Wildman–Crippen LogP) is 3.98. The number of ether oxygens (including phenoxy) is 1. The molecule has 0 amide bonds. The van der Waals surface area contributed by atoms with Gasteiger partial charge < -0.3 is 15.0 Å². The van der Waals surface area contributed by atoms with Crippen molar-refractivity contribution in [1.29, 1.82) is 0 Å². The molecule has 0 aliphatic carbocycles. The smallest absolute Gasteiger partial charge is 0.164 e. The molecule has 2 aromatic heterocycles. The van der Waals surface area contributed by atoms with E-state index < -0.39 is 0 Å². The zero-order valence-corrected chi connectivity index (χ0v) is 18.3. The summed E-state index contributed by atoms with van der Waals surface area (Å²) in [6.07, 6.45) is 3.53. The molecule has 31 heavy (non-hydrogen) atoms. The Labute approximate surface area is 182 Å². The van der Waals surface area contributed by atoms with Gasteiger partial charge in [-0.25, -0.2) is 20.0 Å². The number of hydrogen-bond acceptors (Lipinski definition) is 6. The number of rotatable bonds is 6. The second-order valence-corrected chi connectivity index (χ2v) is 7.79. The summed E-state index contributed by atoms with van der Waals surface area (Å²) in [7, 11) is 4.05. The average Bonchev–Trinajstić information content (AvgIpc) is 3.04. The van der Waals surface area contributed by atoms with Crippen molar-refractivity contribution < 1.29 is 4.74 Å². The Hall–Kier alpha value is -3.58. The third kappa shape index (κ3) is 5.13. The van der Waals surface area contributed by atoms with Gasteiger partial charge in [-0.15, -0.1) is 0 Å². The van der Waals surface area contributed by atoms with Gasteiger partial charge in [-0.3, -0.25) is 0 Å². The summed E-state index contributed by atoms with van der Waals surface area (Å²) in [5, 5.41) is 3.33. The van der Waals surface area contributed by atoms with Crippen molar-refractivity contribution in [2.45, 2.75) is 13.8 Å². The van der Waals surface area contributed by atoms with E-state index >= 15 is 0 Å². The van der Waals surface area contributed by atoms with Crippen molar-refractivity contribution in [2.24, 2.45) is 9.98 Å². The molecule has 1 aromatic carbocycles. The van der Waals surface area contributed by atoms with Crippen molar-refractivity contribution in [2.75, 3.05) is 32.6 Å². The predicted molar refractivity (Wildman–Crippen MR) is 125 cm³/mol. The van der Waals surface area contributed by atoms with Crippen molar-refractivity contribution in [3.63, 3.8) is 0 Å². The highest BCUT2D eigenvalue weighted by Crippen LogP contribution is 2.27. The maximum absolute atomic E-state index is 5.93. The Balaban J connectivity index is 1.69. The van der Waals surface area contributed by atoms with Gasteiger partial charge in [0, 0.05) is 30.1 Å². The summed E-state index contributed by atoms with van der Waals surface area (Å²) >= 11 is 0. The third-order valence-corrected chi connectivity index (χ3v) is 4.80. The maximum Gasteiger partial charge on any atom is 0.164 e. The lowest BCUT2D eigenvalue weighted by Gasteiger charge is -2.12. The van der Waals surface area contributed by atoms with E-state index in [0.717, 1.165) is 40.4 Å². The molecule has 0 bridgehead atoms. The van der Waals surface area contributed by atoms with Crippen LogP contribution in [0.15, 0.2) is 64.8 Å². The first-order valence-electron chi connectivity index (χ1n) is 10.2. The van der Waals surface area contributed by atoms with E-state index in [2.05, 4.69) is 20.2 Å². The molecule has 7 nitrogen and oxygen atoms in total. The molecule has 0 fully saturated rings. The second kappa shape index (κ2) is 9.06. The standard InChI is InChI=1S/C24H26N6O/c1-16-7-9-25-21(13-16)27-23-19-6-5-18(31-12-11-30(3)4)15-20(19)24(29-23)28-22-14-17(2)8-10-26-22/h5-10,13-15H,11-12H2,1-4H3,(H,25,26,27,28,29). The summed E-state index contributed by atoms with van der Waals surface area (Å²) < 4.78 is 5.93. The van der Waals surface area contributed by atoms with Crippen LogP contribution < -0.4 is 10.1 Å². The first kappa shape index (κ1) is 20.7. The minimum atomic E-state index is 0.598. The lowest BCUT2D eigenvalue weighted by Crippen LogP contribution is -2.19. The Morgan fingerprint density at radius 2 is 1.71 bits per heavy atom. The summed E-state index contributed by atoms with van der Waals surface area (Å²) in [5.74, 6) is 3.46. The maximum atomic E-state index is 5.93. The van der Waals surface area contributed by atoms with Gasteiger partial charge in [0.2, 0.25) is 0 Å². The zero-order valence-electron chi connectivity index (χ0n) is 18.3. The molecule has 3 aromatic rings. The van der Waals surface area contributed by atoms with Gasteiger partial charge in [0.25, 0.3) is 0 Å². The van der Waals surface area contributed by atoms with E-state index in [1.807, 2.05) is 70.4 Å². The number of aliphatic imine (C=N–C) groups is 2. The highest BCUT2D eigenvalue weighted by atomic mass is 16.5. The summed E-state index contributed by atoms with van der Waals surface area (Å²) in [5.41, 5.74) is 4.08. The monoisotopic (exact) mass is 414 g/mol. The highest BCUT2D eigenvalue weighted by molar-refractivity contribution is 6.26. The normalized spacial score (nSPS) is 14.0. The van der Waals surface area contributed by atoms with Crippen molar-refractivity contribution in [1.82, 2.24) is 14.9 Å². The van der Waals surface area contributed by atoms with Crippen LogP contribution in [0.25, 0.3) is 0 Å². The molecule has 4 rings (SSSR count). The number of anilines is 1. The van der Waals surface area contributed by atoms with Crippen LogP contribution >= 0.6 is 0 Å². The largest absolute Gasteiger partial charge is 0.492 e. The zero-order chi connectivity index (χ0) is 21.8. The molecule has 7 heteroatoms. The summed E-state index contributed by atoms with van der Waals surface area (Å²) in [6, 6.07) is 13.8. The molecular weight excluding hydrogens is 388 g/mol. The number of benzene rings is 1. The number of nitrogens with one attached hydrogen (secondary N) is 1. The van der Waals surface area contributed by atoms with Gasteiger partial charge in [0.1, 0.15) is 24.0 Å². The van der Waals surface area contributed by atoms with E-state index in [1.54, 1.807) is 12.4 Å². The average molecular weight is 415 g/mol. The van der Waals surface area contributed by atoms with Crippen molar-refractivity contribution >= 4 is 23.3 Å².